The van der Waals surface area contributed by atoms with E-state index in [0.29, 0.717) is 17.7 Å². The lowest BCUT2D eigenvalue weighted by Crippen LogP contribution is -2.52. The third-order valence-corrected chi connectivity index (χ3v) is 5.64. The van der Waals surface area contributed by atoms with Crippen LogP contribution < -0.4 is 0 Å². The number of hydrogen-bond acceptors (Lipinski definition) is 4. The minimum absolute atomic E-state index is 0.0380. The molecule has 3 heterocycles. The number of likely N-dealkylation sites (tertiary alicyclic amines) is 1. The van der Waals surface area contributed by atoms with Crippen molar-refractivity contribution in [2.75, 3.05) is 32.8 Å². The molecule has 1 aromatic heterocycles. The molecule has 4 rings (SSSR count). The summed E-state index contributed by atoms with van der Waals surface area (Å²) in [4.78, 5) is 21.8. The lowest BCUT2D eigenvalue weighted by Gasteiger charge is -2.42. The minimum Gasteiger partial charge on any atom is -0.380 e. The first-order valence-electron chi connectivity index (χ1n) is 9.79. The number of ether oxygens (including phenoxy) is 1. The van der Waals surface area contributed by atoms with Gasteiger partial charge in [0, 0.05) is 43.8 Å². The lowest BCUT2D eigenvalue weighted by molar-refractivity contribution is 0.0366. The molecule has 1 amide bonds. The summed E-state index contributed by atoms with van der Waals surface area (Å²) in [5.74, 6) is 0.384. The second-order valence-corrected chi connectivity index (χ2v) is 7.56. The number of fused-ring (bicyclic) bond motifs is 1. The van der Waals surface area contributed by atoms with Gasteiger partial charge in [-0.2, -0.15) is 0 Å². The second kappa shape index (κ2) is 8.19. The van der Waals surface area contributed by atoms with Crippen molar-refractivity contribution in [3.63, 3.8) is 0 Å². The van der Waals surface area contributed by atoms with Crippen LogP contribution in [0.4, 0.5) is 0 Å². The van der Waals surface area contributed by atoms with Crippen LogP contribution in [0.25, 0.3) is 0 Å². The number of aryl methyl sites for hydroxylation is 1. The fourth-order valence-corrected chi connectivity index (χ4v) is 4.27. The van der Waals surface area contributed by atoms with E-state index in [1.165, 1.54) is 5.56 Å². The summed E-state index contributed by atoms with van der Waals surface area (Å²) in [6.45, 7) is 6.81. The largest absolute Gasteiger partial charge is 0.380 e. The Bertz CT molecular complexity index is 780. The van der Waals surface area contributed by atoms with Gasteiger partial charge in [-0.3, -0.25) is 9.69 Å². The quantitative estimate of drug-likeness (QED) is 0.839. The highest BCUT2D eigenvalue weighted by Crippen LogP contribution is 2.27. The standard InChI is InChI=1S/C22H27N3O2/c1-17-6-5-9-20(23-17)22(26)25-11-10-21-19(15-25)16-27-13-12-24(21)14-18-7-3-2-4-8-18/h2-9,19,21H,10-16H2,1H3/t19-,21-/m1/s1. The average Bonchev–Trinajstić information content (AvgIpc) is 2.90. The molecule has 2 fully saturated rings. The number of carbonyl (C=O) groups is 1. The summed E-state index contributed by atoms with van der Waals surface area (Å²) in [6.07, 6.45) is 0.985. The van der Waals surface area contributed by atoms with Crippen molar-refractivity contribution in [3.05, 3.63) is 65.5 Å². The molecule has 1 aromatic carbocycles. The Morgan fingerprint density at radius 2 is 2.00 bits per heavy atom. The summed E-state index contributed by atoms with van der Waals surface area (Å²) in [6, 6.07) is 16.7. The van der Waals surface area contributed by atoms with E-state index in [-0.39, 0.29) is 5.91 Å². The smallest absolute Gasteiger partial charge is 0.272 e. The SMILES string of the molecule is Cc1cccc(C(=O)N2CC[C@@H]3[C@@H](COCCN3Cc3ccccc3)C2)n1. The van der Waals surface area contributed by atoms with Crippen molar-refractivity contribution in [1.82, 2.24) is 14.8 Å². The number of aromatic nitrogens is 1. The molecule has 2 atom stereocenters. The van der Waals surface area contributed by atoms with E-state index in [9.17, 15) is 4.79 Å². The number of benzene rings is 1. The van der Waals surface area contributed by atoms with Crippen LogP contribution in [0.1, 0.15) is 28.2 Å². The highest BCUT2D eigenvalue weighted by Gasteiger charge is 2.37. The number of hydrogen-bond donors (Lipinski definition) is 0. The number of nitrogens with zero attached hydrogens (tertiary/aromatic N) is 3. The van der Waals surface area contributed by atoms with Gasteiger partial charge in [-0.1, -0.05) is 36.4 Å². The third-order valence-electron chi connectivity index (χ3n) is 5.64. The van der Waals surface area contributed by atoms with Gasteiger partial charge in [0.25, 0.3) is 5.91 Å². The normalized spacial score (nSPS) is 23.5. The fourth-order valence-electron chi connectivity index (χ4n) is 4.27. The van der Waals surface area contributed by atoms with Crippen LogP contribution >= 0.6 is 0 Å². The van der Waals surface area contributed by atoms with Crippen molar-refractivity contribution in [2.24, 2.45) is 5.92 Å². The number of amides is 1. The van der Waals surface area contributed by atoms with Gasteiger partial charge in [0.1, 0.15) is 5.69 Å². The van der Waals surface area contributed by atoms with Gasteiger partial charge in [-0.05, 0) is 31.0 Å². The molecule has 2 aliphatic rings. The second-order valence-electron chi connectivity index (χ2n) is 7.56. The van der Waals surface area contributed by atoms with Gasteiger partial charge >= 0.3 is 0 Å². The van der Waals surface area contributed by atoms with Crippen LogP contribution in [0, 0.1) is 12.8 Å². The zero-order valence-corrected chi connectivity index (χ0v) is 15.9. The Morgan fingerprint density at radius 1 is 1.15 bits per heavy atom. The molecule has 0 bridgehead atoms. The van der Waals surface area contributed by atoms with E-state index in [0.717, 1.165) is 51.5 Å². The Hall–Kier alpha value is -2.24. The topological polar surface area (TPSA) is 45.7 Å². The van der Waals surface area contributed by atoms with Gasteiger partial charge < -0.3 is 9.64 Å². The zero-order valence-electron chi connectivity index (χ0n) is 15.9. The molecule has 2 aliphatic heterocycles. The van der Waals surface area contributed by atoms with Gasteiger partial charge in [0.2, 0.25) is 0 Å². The molecular weight excluding hydrogens is 338 g/mol. The molecule has 5 nitrogen and oxygen atoms in total. The third kappa shape index (κ3) is 4.20. The highest BCUT2D eigenvalue weighted by atomic mass is 16.5. The van der Waals surface area contributed by atoms with Gasteiger partial charge in [0.05, 0.1) is 13.2 Å². The Labute approximate surface area is 161 Å². The molecule has 0 spiro atoms. The van der Waals surface area contributed by atoms with Crippen molar-refractivity contribution >= 4 is 5.91 Å². The number of pyridine rings is 1. The maximum atomic E-state index is 12.9. The molecule has 2 saturated heterocycles. The predicted molar refractivity (Wildman–Crippen MR) is 104 cm³/mol. The molecule has 2 aromatic rings. The number of carbonyl (C=O) groups excluding carboxylic acids is 1. The van der Waals surface area contributed by atoms with Gasteiger partial charge in [0.15, 0.2) is 0 Å². The van der Waals surface area contributed by atoms with Crippen LogP contribution in [-0.4, -0.2) is 59.6 Å². The van der Waals surface area contributed by atoms with Crippen LogP contribution in [0.15, 0.2) is 48.5 Å². The monoisotopic (exact) mass is 365 g/mol. The van der Waals surface area contributed by atoms with Gasteiger partial charge in [-0.25, -0.2) is 4.98 Å². The first-order chi connectivity index (χ1) is 13.2. The highest BCUT2D eigenvalue weighted by molar-refractivity contribution is 5.92. The van der Waals surface area contributed by atoms with E-state index in [1.807, 2.05) is 30.0 Å². The summed E-state index contributed by atoms with van der Waals surface area (Å²) in [5, 5.41) is 0. The van der Waals surface area contributed by atoms with Crippen molar-refractivity contribution < 1.29 is 9.53 Å². The summed E-state index contributed by atoms with van der Waals surface area (Å²) < 4.78 is 5.89. The average molecular weight is 365 g/mol. The fraction of sp³-hybridized carbons (Fsp3) is 0.455. The van der Waals surface area contributed by atoms with Crippen molar-refractivity contribution in [3.8, 4) is 0 Å². The number of piperidine rings is 1. The van der Waals surface area contributed by atoms with E-state index in [1.54, 1.807) is 0 Å². The molecule has 0 radical (unpaired) electrons. The molecule has 0 aliphatic carbocycles. The molecule has 142 valence electrons. The maximum Gasteiger partial charge on any atom is 0.272 e. The van der Waals surface area contributed by atoms with E-state index >= 15 is 0 Å². The Kier molecular flexibility index (Phi) is 5.50. The summed E-state index contributed by atoms with van der Waals surface area (Å²) in [5.41, 5.74) is 2.76. The molecule has 5 heteroatoms. The van der Waals surface area contributed by atoms with Crippen LogP contribution in [-0.2, 0) is 11.3 Å². The molecule has 0 N–H and O–H groups in total. The van der Waals surface area contributed by atoms with Crippen LogP contribution in [0.2, 0.25) is 0 Å². The Balaban J connectivity index is 1.46. The van der Waals surface area contributed by atoms with Crippen LogP contribution in [0.5, 0.6) is 0 Å². The zero-order chi connectivity index (χ0) is 18.6. The van der Waals surface area contributed by atoms with E-state index in [4.69, 9.17) is 4.74 Å². The molecular formula is C22H27N3O2. The summed E-state index contributed by atoms with van der Waals surface area (Å²) in [7, 11) is 0. The summed E-state index contributed by atoms with van der Waals surface area (Å²) >= 11 is 0. The molecule has 0 unspecified atom stereocenters. The van der Waals surface area contributed by atoms with Crippen molar-refractivity contribution in [1.29, 1.82) is 0 Å². The van der Waals surface area contributed by atoms with E-state index in [2.05, 4.69) is 40.2 Å². The van der Waals surface area contributed by atoms with E-state index < -0.39 is 0 Å². The first kappa shape index (κ1) is 18.1. The lowest BCUT2D eigenvalue weighted by atomic mass is 9.91. The van der Waals surface area contributed by atoms with Crippen LogP contribution in [0.3, 0.4) is 0 Å². The van der Waals surface area contributed by atoms with Gasteiger partial charge in [-0.15, -0.1) is 0 Å². The maximum absolute atomic E-state index is 12.9. The predicted octanol–water partition coefficient (Wildman–Crippen LogP) is 2.75. The number of rotatable bonds is 3. The van der Waals surface area contributed by atoms with Crippen molar-refractivity contribution in [2.45, 2.75) is 25.9 Å². The minimum atomic E-state index is 0.0380. The first-order valence-corrected chi connectivity index (χ1v) is 9.79. The Morgan fingerprint density at radius 3 is 2.81 bits per heavy atom. The molecule has 0 saturated carbocycles. The molecule has 27 heavy (non-hydrogen) atoms.